The Kier molecular flexibility index (Phi) is 5.34. The molecule has 0 bridgehead atoms. The third-order valence-electron chi connectivity index (χ3n) is 1.79. The standard InChI is InChI=1S/C12H13FO3/c1-15-7-8-16-12-9-10(3-2-6-14)4-5-11(12)13/h4-5,9,14H,6-8H2,1H3. The van der Waals surface area contributed by atoms with E-state index in [-0.39, 0.29) is 19.0 Å². The van der Waals surface area contributed by atoms with E-state index in [1.165, 1.54) is 18.2 Å². The lowest BCUT2D eigenvalue weighted by molar-refractivity contribution is 0.144. The molecule has 0 amide bonds. The van der Waals surface area contributed by atoms with E-state index in [0.717, 1.165) is 0 Å². The molecular formula is C12H13FO3. The van der Waals surface area contributed by atoms with Crippen molar-refractivity contribution in [2.24, 2.45) is 0 Å². The molecule has 3 nitrogen and oxygen atoms in total. The second-order valence-electron chi connectivity index (χ2n) is 2.95. The highest BCUT2D eigenvalue weighted by molar-refractivity contribution is 5.40. The summed E-state index contributed by atoms with van der Waals surface area (Å²) in [5.41, 5.74) is 0.600. The first-order chi connectivity index (χ1) is 7.77. The number of aliphatic hydroxyl groups excluding tert-OH is 1. The summed E-state index contributed by atoms with van der Waals surface area (Å²) in [6.07, 6.45) is 0. The van der Waals surface area contributed by atoms with Gasteiger partial charge in [-0.3, -0.25) is 0 Å². The first-order valence-electron chi connectivity index (χ1n) is 4.79. The van der Waals surface area contributed by atoms with Crippen LogP contribution in [-0.4, -0.2) is 32.0 Å². The van der Waals surface area contributed by atoms with Crippen molar-refractivity contribution >= 4 is 0 Å². The predicted octanol–water partition coefficient (Wildman–Crippen LogP) is 1.19. The van der Waals surface area contributed by atoms with Crippen LogP contribution < -0.4 is 4.74 Å². The minimum atomic E-state index is -0.439. The van der Waals surface area contributed by atoms with E-state index in [0.29, 0.717) is 12.2 Å². The lowest BCUT2D eigenvalue weighted by Gasteiger charge is -2.06. The highest BCUT2D eigenvalue weighted by atomic mass is 19.1. The van der Waals surface area contributed by atoms with Crippen LogP contribution in [-0.2, 0) is 4.74 Å². The predicted molar refractivity (Wildman–Crippen MR) is 57.7 cm³/mol. The Morgan fingerprint density at radius 1 is 1.38 bits per heavy atom. The molecule has 0 atom stereocenters. The zero-order valence-electron chi connectivity index (χ0n) is 9.00. The Morgan fingerprint density at radius 2 is 2.19 bits per heavy atom. The van der Waals surface area contributed by atoms with E-state index < -0.39 is 5.82 Å². The highest BCUT2D eigenvalue weighted by Gasteiger charge is 2.03. The van der Waals surface area contributed by atoms with Crippen molar-refractivity contribution in [3.63, 3.8) is 0 Å². The van der Waals surface area contributed by atoms with Gasteiger partial charge in [0.05, 0.1) is 6.61 Å². The summed E-state index contributed by atoms with van der Waals surface area (Å²) >= 11 is 0. The van der Waals surface area contributed by atoms with Gasteiger partial charge in [0.2, 0.25) is 0 Å². The zero-order chi connectivity index (χ0) is 11.8. The van der Waals surface area contributed by atoms with Gasteiger partial charge in [-0.15, -0.1) is 0 Å². The minimum Gasteiger partial charge on any atom is -0.488 e. The van der Waals surface area contributed by atoms with Crippen LogP contribution in [0.2, 0.25) is 0 Å². The summed E-state index contributed by atoms with van der Waals surface area (Å²) in [6, 6.07) is 4.30. The van der Waals surface area contributed by atoms with E-state index in [4.69, 9.17) is 14.6 Å². The summed E-state index contributed by atoms with van der Waals surface area (Å²) in [5, 5.41) is 8.53. The number of halogens is 1. The van der Waals surface area contributed by atoms with Crippen LogP contribution in [0.4, 0.5) is 4.39 Å². The smallest absolute Gasteiger partial charge is 0.165 e. The van der Waals surface area contributed by atoms with Gasteiger partial charge in [-0.05, 0) is 18.2 Å². The number of benzene rings is 1. The quantitative estimate of drug-likeness (QED) is 0.617. The van der Waals surface area contributed by atoms with Gasteiger partial charge in [0.25, 0.3) is 0 Å². The fourth-order valence-electron chi connectivity index (χ4n) is 1.07. The molecule has 0 saturated heterocycles. The van der Waals surface area contributed by atoms with Crippen molar-refractivity contribution in [1.29, 1.82) is 0 Å². The molecule has 0 spiro atoms. The second-order valence-corrected chi connectivity index (χ2v) is 2.95. The minimum absolute atomic E-state index is 0.141. The first-order valence-corrected chi connectivity index (χ1v) is 4.79. The van der Waals surface area contributed by atoms with Gasteiger partial charge in [-0.2, -0.15) is 0 Å². The summed E-state index contributed by atoms with van der Waals surface area (Å²) in [4.78, 5) is 0. The van der Waals surface area contributed by atoms with E-state index in [1.54, 1.807) is 7.11 Å². The van der Waals surface area contributed by atoms with Gasteiger partial charge in [-0.1, -0.05) is 11.8 Å². The van der Waals surface area contributed by atoms with Crippen molar-refractivity contribution in [2.45, 2.75) is 0 Å². The largest absolute Gasteiger partial charge is 0.488 e. The van der Waals surface area contributed by atoms with E-state index in [2.05, 4.69) is 11.8 Å². The molecule has 0 unspecified atom stereocenters. The molecule has 0 fully saturated rings. The van der Waals surface area contributed by atoms with Crippen LogP contribution in [0, 0.1) is 17.7 Å². The maximum Gasteiger partial charge on any atom is 0.165 e. The molecule has 1 aromatic carbocycles. The van der Waals surface area contributed by atoms with Crippen LogP contribution in [0.3, 0.4) is 0 Å². The van der Waals surface area contributed by atoms with Crippen molar-refractivity contribution < 1.29 is 19.0 Å². The molecule has 0 aliphatic rings. The summed E-state index contributed by atoms with van der Waals surface area (Å²) < 4.78 is 23.2. The topological polar surface area (TPSA) is 38.7 Å². The Hall–Kier alpha value is -1.57. The Morgan fingerprint density at radius 3 is 2.88 bits per heavy atom. The zero-order valence-corrected chi connectivity index (χ0v) is 9.00. The van der Waals surface area contributed by atoms with Gasteiger partial charge in [-0.25, -0.2) is 4.39 Å². The molecule has 16 heavy (non-hydrogen) atoms. The average Bonchev–Trinajstić information content (AvgIpc) is 2.30. The van der Waals surface area contributed by atoms with Crippen LogP contribution in [0.5, 0.6) is 5.75 Å². The molecule has 86 valence electrons. The lowest BCUT2D eigenvalue weighted by atomic mass is 10.2. The molecule has 1 N–H and O–H groups in total. The first kappa shape index (κ1) is 12.5. The van der Waals surface area contributed by atoms with Crippen molar-refractivity contribution in [1.82, 2.24) is 0 Å². The molecule has 0 saturated carbocycles. The van der Waals surface area contributed by atoms with Crippen molar-refractivity contribution in [3.05, 3.63) is 29.6 Å². The van der Waals surface area contributed by atoms with Crippen LogP contribution in [0.15, 0.2) is 18.2 Å². The SMILES string of the molecule is COCCOc1cc(C#CCO)ccc1F. The van der Waals surface area contributed by atoms with E-state index in [9.17, 15) is 4.39 Å². The molecule has 0 aromatic heterocycles. The van der Waals surface area contributed by atoms with Gasteiger partial charge in [0.1, 0.15) is 13.2 Å². The molecule has 1 rings (SSSR count). The normalized spacial score (nSPS) is 9.44. The summed E-state index contributed by atoms with van der Waals surface area (Å²) in [5.74, 6) is 4.86. The summed E-state index contributed by atoms with van der Waals surface area (Å²) in [6.45, 7) is 0.452. The number of methoxy groups -OCH3 is 1. The molecule has 0 radical (unpaired) electrons. The number of aliphatic hydroxyl groups is 1. The van der Waals surface area contributed by atoms with E-state index >= 15 is 0 Å². The van der Waals surface area contributed by atoms with Crippen molar-refractivity contribution in [2.75, 3.05) is 26.9 Å². The van der Waals surface area contributed by atoms with Gasteiger partial charge in [0.15, 0.2) is 11.6 Å². The lowest BCUT2D eigenvalue weighted by Crippen LogP contribution is -2.05. The fraction of sp³-hybridized carbons (Fsp3) is 0.333. The Labute approximate surface area is 93.8 Å². The maximum atomic E-state index is 13.3. The van der Waals surface area contributed by atoms with Gasteiger partial charge in [0, 0.05) is 12.7 Å². The van der Waals surface area contributed by atoms with E-state index in [1.807, 2.05) is 0 Å². The van der Waals surface area contributed by atoms with Crippen LogP contribution in [0.25, 0.3) is 0 Å². The highest BCUT2D eigenvalue weighted by Crippen LogP contribution is 2.18. The second kappa shape index (κ2) is 6.83. The Bertz CT molecular complexity index is 393. The van der Waals surface area contributed by atoms with Crippen molar-refractivity contribution in [3.8, 4) is 17.6 Å². The third-order valence-corrected chi connectivity index (χ3v) is 1.79. The van der Waals surface area contributed by atoms with Crippen LogP contribution in [0.1, 0.15) is 5.56 Å². The summed E-state index contributed by atoms with van der Waals surface area (Å²) in [7, 11) is 1.54. The van der Waals surface area contributed by atoms with Crippen LogP contribution >= 0.6 is 0 Å². The molecule has 0 heterocycles. The van der Waals surface area contributed by atoms with Gasteiger partial charge >= 0.3 is 0 Å². The molecule has 0 aliphatic heterocycles. The average molecular weight is 224 g/mol. The molecule has 4 heteroatoms. The third kappa shape index (κ3) is 3.89. The number of hydrogen-bond acceptors (Lipinski definition) is 3. The number of ether oxygens (including phenoxy) is 2. The molecule has 1 aromatic rings. The Balaban J connectivity index is 2.74. The molecule has 0 aliphatic carbocycles. The van der Waals surface area contributed by atoms with Gasteiger partial charge < -0.3 is 14.6 Å². The fourth-order valence-corrected chi connectivity index (χ4v) is 1.07. The number of rotatable bonds is 4. The number of hydrogen-bond donors (Lipinski definition) is 1. The monoisotopic (exact) mass is 224 g/mol. The molecular weight excluding hydrogens is 211 g/mol. The maximum absolute atomic E-state index is 13.3.